The van der Waals surface area contributed by atoms with Crippen LogP contribution in [0.1, 0.15) is 18.6 Å². The number of aliphatic hydroxyl groups is 1. The second kappa shape index (κ2) is 6.94. The van der Waals surface area contributed by atoms with Gasteiger partial charge in [-0.25, -0.2) is 0 Å². The molecule has 0 radical (unpaired) electrons. The van der Waals surface area contributed by atoms with Crippen LogP contribution in [0.5, 0.6) is 5.75 Å². The van der Waals surface area contributed by atoms with Gasteiger partial charge in [-0.05, 0) is 25.1 Å². The van der Waals surface area contributed by atoms with Gasteiger partial charge in [0.25, 0.3) is 5.91 Å². The molecule has 1 aromatic rings. The van der Waals surface area contributed by atoms with Crippen molar-refractivity contribution in [2.75, 3.05) is 13.2 Å². The summed E-state index contributed by atoms with van der Waals surface area (Å²) in [6.07, 6.45) is -5.29. The Morgan fingerprint density at radius 1 is 1.50 bits per heavy atom. The number of alkyl halides is 3. The number of hydrogen-bond donors (Lipinski definition) is 2. The van der Waals surface area contributed by atoms with Gasteiger partial charge in [-0.3, -0.25) is 4.79 Å². The first-order chi connectivity index (χ1) is 9.19. The number of ether oxygens (including phenoxy) is 1. The molecular weight excluding hydrogens is 343 g/mol. The van der Waals surface area contributed by atoms with E-state index in [4.69, 9.17) is 4.74 Å². The summed E-state index contributed by atoms with van der Waals surface area (Å²) in [5, 5.41) is 11.2. The van der Waals surface area contributed by atoms with E-state index in [-0.39, 0.29) is 5.75 Å². The SMILES string of the molecule is C[C@H](O)c1cc(Br)ccc1OCC(=O)NCC(F)(F)F. The summed E-state index contributed by atoms with van der Waals surface area (Å²) in [6.45, 7) is -0.450. The summed E-state index contributed by atoms with van der Waals surface area (Å²) in [5.74, 6) is -0.646. The zero-order valence-electron chi connectivity index (χ0n) is 10.5. The van der Waals surface area contributed by atoms with E-state index in [0.717, 1.165) is 0 Å². The molecule has 20 heavy (non-hydrogen) atoms. The van der Waals surface area contributed by atoms with Gasteiger partial charge in [0.2, 0.25) is 0 Å². The molecule has 1 rings (SSSR count). The number of amides is 1. The van der Waals surface area contributed by atoms with E-state index in [1.54, 1.807) is 17.4 Å². The summed E-state index contributed by atoms with van der Waals surface area (Å²) in [7, 11) is 0. The van der Waals surface area contributed by atoms with Crippen LogP contribution in [0.2, 0.25) is 0 Å². The van der Waals surface area contributed by atoms with Crippen molar-refractivity contribution in [1.82, 2.24) is 5.32 Å². The molecule has 4 nitrogen and oxygen atoms in total. The molecule has 1 aromatic carbocycles. The molecule has 0 aliphatic heterocycles. The van der Waals surface area contributed by atoms with Crippen LogP contribution in [-0.4, -0.2) is 30.3 Å². The van der Waals surface area contributed by atoms with Crippen molar-refractivity contribution in [3.8, 4) is 5.75 Å². The zero-order chi connectivity index (χ0) is 15.3. The Bertz CT molecular complexity index is 478. The standard InChI is InChI=1S/C12H13BrF3NO3/c1-7(18)9-4-8(13)2-3-10(9)20-5-11(19)17-6-12(14,15)16/h2-4,7,18H,5-6H2,1H3,(H,17,19)/t7-/m0/s1. The maximum atomic E-state index is 11.9. The number of aliphatic hydroxyl groups excluding tert-OH is 1. The first-order valence-corrected chi connectivity index (χ1v) is 6.42. The fourth-order valence-electron chi connectivity index (χ4n) is 1.37. The number of carbonyl (C=O) groups is 1. The van der Waals surface area contributed by atoms with Crippen molar-refractivity contribution in [1.29, 1.82) is 0 Å². The van der Waals surface area contributed by atoms with Crippen LogP contribution in [0.4, 0.5) is 13.2 Å². The molecule has 0 saturated carbocycles. The van der Waals surface area contributed by atoms with Crippen LogP contribution in [0.15, 0.2) is 22.7 Å². The van der Waals surface area contributed by atoms with Crippen LogP contribution >= 0.6 is 15.9 Å². The van der Waals surface area contributed by atoms with Gasteiger partial charge < -0.3 is 15.2 Å². The molecule has 0 aliphatic carbocycles. The number of nitrogens with one attached hydrogen (secondary N) is 1. The lowest BCUT2D eigenvalue weighted by atomic mass is 10.1. The zero-order valence-corrected chi connectivity index (χ0v) is 12.1. The number of benzene rings is 1. The quantitative estimate of drug-likeness (QED) is 0.853. The van der Waals surface area contributed by atoms with Crippen molar-refractivity contribution in [3.63, 3.8) is 0 Å². The number of hydrogen-bond acceptors (Lipinski definition) is 3. The van der Waals surface area contributed by atoms with Crippen LogP contribution < -0.4 is 10.1 Å². The number of rotatable bonds is 5. The smallest absolute Gasteiger partial charge is 0.405 e. The predicted octanol–water partition coefficient (Wildman–Crippen LogP) is 2.56. The molecule has 8 heteroatoms. The minimum atomic E-state index is -4.46. The Labute approximate surface area is 122 Å². The third-order valence-corrected chi connectivity index (χ3v) is 2.76. The van der Waals surface area contributed by atoms with E-state index < -0.39 is 31.3 Å². The molecule has 0 aliphatic rings. The summed E-state index contributed by atoms with van der Waals surface area (Å²) in [6, 6.07) is 4.76. The molecule has 0 aromatic heterocycles. The monoisotopic (exact) mass is 355 g/mol. The van der Waals surface area contributed by atoms with Gasteiger partial charge in [-0.15, -0.1) is 0 Å². The van der Waals surface area contributed by atoms with E-state index in [1.165, 1.54) is 13.0 Å². The maximum Gasteiger partial charge on any atom is 0.405 e. The Kier molecular flexibility index (Phi) is 5.82. The van der Waals surface area contributed by atoms with E-state index in [2.05, 4.69) is 15.9 Å². The van der Waals surface area contributed by atoms with Crippen molar-refractivity contribution in [2.24, 2.45) is 0 Å². The molecule has 0 heterocycles. The molecule has 0 saturated heterocycles. The molecule has 1 amide bonds. The van der Waals surface area contributed by atoms with Crippen LogP contribution in [0.3, 0.4) is 0 Å². The Morgan fingerprint density at radius 2 is 2.15 bits per heavy atom. The Hall–Kier alpha value is -1.28. The second-order valence-corrected chi connectivity index (χ2v) is 4.95. The summed E-state index contributed by atoms with van der Waals surface area (Å²) >= 11 is 3.22. The van der Waals surface area contributed by atoms with E-state index >= 15 is 0 Å². The minimum absolute atomic E-state index is 0.241. The normalized spacial score (nSPS) is 12.9. The van der Waals surface area contributed by atoms with Crippen LogP contribution in [0.25, 0.3) is 0 Å². The van der Waals surface area contributed by atoms with Gasteiger partial charge in [0.05, 0.1) is 6.10 Å². The molecule has 0 spiro atoms. The van der Waals surface area contributed by atoms with Crippen molar-refractivity contribution in [2.45, 2.75) is 19.2 Å². The van der Waals surface area contributed by atoms with Crippen LogP contribution in [-0.2, 0) is 4.79 Å². The van der Waals surface area contributed by atoms with E-state index in [0.29, 0.717) is 10.0 Å². The average Bonchev–Trinajstić information content (AvgIpc) is 2.33. The topological polar surface area (TPSA) is 58.6 Å². The van der Waals surface area contributed by atoms with Gasteiger partial charge >= 0.3 is 6.18 Å². The highest BCUT2D eigenvalue weighted by Gasteiger charge is 2.27. The fourth-order valence-corrected chi connectivity index (χ4v) is 1.75. The first-order valence-electron chi connectivity index (χ1n) is 5.63. The molecular formula is C12H13BrF3NO3. The lowest BCUT2D eigenvalue weighted by Gasteiger charge is -2.14. The number of halogens is 4. The molecule has 0 bridgehead atoms. The van der Waals surface area contributed by atoms with Gasteiger partial charge in [-0.1, -0.05) is 15.9 Å². The first kappa shape index (κ1) is 16.8. The van der Waals surface area contributed by atoms with Gasteiger partial charge in [-0.2, -0.15) is 13.2 Å². The highest BCUT2D eigenvalue weighted by molar-refractivity contribution is 9.10. The van der Waals surface area contributed by atoms with E-state index in [9.17, 15) is 23.1 Å². The highest BCUT2D eigenvalue weighted by Crippen LogP contribution is 2.28. The molecule has 0 unspecified atom stereocenters. The maximum absolute atomic E-state index is 11.9. The molecule has 0 fully saturated rings. The lowest BCUT2D eigenvalue weighted by molar-refractivity contribution is -0.139. The van der Waals surface area contributed by atoms with Gasteiger partial charge in [0.15, 0.2) is 6.61 Å². The largest absolute Gasteiger partial charge is 0.483 e. The van der Waals surface area contributed by atoms with Crippen LogP contribution in [0, 0.1) is 0 Å². The minimum Gasteiger partial charge on any atom is -0.483 e. The number of carbonyl (C=O) groups excluding carboxylic acids is 1. The lowest BCUT2D eigenvalue weighted by Crippen LogP contribution is -2.36. The predicted molar refractivity (Wildman–Crippen MR) is 69.3 cm³/mol. The van der Waals surface area contributed by atoms with Gasteiger partial charge in [0, 0.05) is 10.0 Å². The fraction of sp³-hybridized carbons (Fsp3) is 0.417. The molecule has 1 atom stereocenters. The molecule has 112 valence electrons. The summed E-state index contributed by atoms with van der Waals surface area (Å²) < 4.78 is 41.5. The highest BCUT2D eigenvalue weighted by atomic mass is 79.9. The Morgan fingerprint density at radius 3 is 2.70 bits per heavy atom. The van der Waals surface area contributed by atoms with Gasteiger partial charge in [0.1, 0.15) is 12.3 Å². The second-order valence-electron chi connectivity index (χ2n) is 4.04. The van der Waals surface area contributed by atoms with Crippen molar-refractivity contribution in [3.05, 3.63) is 28.2 Å². The van der Waals surface area contributed by atoms with Crippen molar-refractivity contribution < 1.29 is 27.8 Å². The van der Waals surface area contributed by atoms with E-state index in [1.807, 2.05) is 0 Å². The summed E-state index contributed by atoms with van der Waals surface area (Å²) in [5.41, 5.74) is 0.433. The Balaban J connectivity index is 2.59. The summed E-state index contributed by atoms with van der Waals surface area (Å²) in [4.78, 5) is 11.2. The van der Waals surface area contributed by atoms with Crippen molar-refractivity contribution >= 4 is 21.8 Å². The third kappa shape index (κ3) is 5.79. The molecule has 2 N–H and O–H groups in total. The average molecular weight is 356 g/mol. The third-order valence-electron chi connectivity index (χ3n) is 2.27.